The SMILES string of the molecule is O=C(COc1ccc([N+](=O)[O-])cc1)N1CCN(c2cccc(C(F)(F)F)c2)CC1. The van der Waals surface area contributed by atoms with Gasteiger partial charge in [0.05, 0.1) is 10.5 Å². The van der Waals surface area contributed by atoms with Crippen molar-refractivity contribution in [3.05, 3.63) is 64.2 Å². The van der Waals surface area contributed by atoms with E-state index in [4.69, 9.17) is 4.74 Å². The number of benzene rings is 2. The van der Waals surface area contributed by atoms with E-state index in [1.54, 1.807) is 15.9 Å². The number of nitro groups is 1. The van der Waals surface area contributed by atoms with Crippen LogP contribution >= 0.6 is 0 Å². The third-order valence-corrected chi connectivity index (χ3v) is 4.58. The Bertz CT molecular complexity index is 879. The van der Waals surface area contributed by atoms with Gasteiger partial charge in [-0.15, -0.1) is 0 Å². The number of ether oxygens (including phenoxy) is 1. The molecule has 0 saturated carbocycles. The minimum absolute atomic E-state index is 0.0746. The van der Waals surface area contributed by atoms with Gasteiger partial charge in [0.25, 0.3) is 11.6 Å². The first kappa shape index (κ1) is 20.4. The fraction of sp³-hybridized carbons (Fsp3) is 0.316. The van der Waals surface area contributed by atoms with Crippen molar-refractivity contribution >= 4 is 17.3 Å². The second-order valence-electron chi connectivity index (χ2n) is 6.46. The van der Waals surface area contributed by atoms with Crippen LogP contribution in [0.4, 0.5) is 24.5 Å². The first-order chi connectivity index (χ1) is 13.7. The van der Waals surface area contributed by atoms with Crippen molar-refractivity contribution in [2.45, 2.75) is 6.18 Å². The Kier molecular flexibility index (Phi) is 5.90. The van der Waals surface area contributed by atoms with Gasteiger partial charge in [0.15, 0.2) is 6.61 Å². The summed E-state index contributed by atoms with van der Waals surface area (Å²) in [6.07, 6.45) is -4.40. The Labute approximate surface area is 164 Å². The lowest BCUT2D eigenvalue weighted by Crippen LogP contribution is -2.50. The number of nitrogens with zero attached hydrogens (tertiary/aromatic N) is 3. The number of anilines is 1. The van der Waals surface area contributed by atoms with Gasteiger partial charge in [-0.05, 0) is 30.3 Å². The van der Waals surface area contributed by atoms with E-state index in [2.05, 4.69) is 0 Å². The molecule has 0 spiro atoms. The molecule has 2 aromatic carbocycles. The Hall–Kier alpha value is -3.30. The number of rotatable bonds is 5. The predicted molar refractivity (Wildman–Crippen MR) is 98.8 cm³/mol. The second-order valence-corrected chi connectivity index (χ2v) is 6.46. The van der Waals surface area contributed by atoms with Gasteiger partial charge in [-0.1, -0.05) is 6.07 Å². The van der Waals surface area contributed by atoms with Crippen LogP contribution in [0.3, 0.4) is 0 Å². The maximum atomic E-state index is 12.9. The molecule has 0 unspecified atom stereocenters. The third-order valence-electron chi connectivity index (χ3n) is 4.58. The predicted octanol–water partition coefficient (Wildman–Crippen LogP) is 3.34. The summed E-state index contributed by atoms with van der Waals surface area (Å²) in [6, 6.07) is 10.5. The van der Waals surface area contributed by atoms with E-state index in [9.17, 15) is 28.1 Å². The zero-order valence-electron chi connectivity index (χ0n) is 15.3. The molecule has 0 bridgehead atoms. The van der Waals surface area contributed by atoms with Crippen LogP contribution in [0.25, 0.3) is 0 Å². The minimum atomic E-state index is -4.40. The van der Waals surface area contributed by atoms with Crippen molar-refractivity contribution in [3.63, 3.8) is 0 Å². The monoisotopic (exact) mass is 409 g/mol. The van der Waals surface area contributed by atoms with Crippen molar-refractivity contribution in [1.82, 2.24) is 4.90 Å². The molecule has 7 nitrogen and oxygen atoms in total. The highest BCUT2D eigenvalue weighted by Crippen LogP contribution is 2.31. The van der Waals surface area contributed by atoms with Crippen molar-refractivity contribution in [3.8, 4) is 5.75 Å². The Morgan fingerprint density at radius 3 is 2.31 bits per heavy atom. The molecule has 0 N–H and O–H groups in total. The van der Waals surface area contributed by atoms with Gasteiger partial charge in [0.1, 0.15) is 5.75 Å². The summed E-state index contributed by atoms with van der Waals surface area (Å²) < 4.78 is 44.0. The average molecular weight is 409 g/mol. The molecule has 1 aliphatic rings. The minimum Gasteiger partial charge on any atom is -0.484 e. The molecule has 1 amide bonds. The van der Waals surface area contributed by atoms with Gasteiger partial charge in [0, 0.05) is 44.0 Å². The summed E-state index contributed by atoms with van der Waals surface area (Å²) in [4.78, 5) is 25.8. The first-order valence-electron chi connectivity index (χ1n) is 8.81. The number of hydrogen-bond donors (Lipinski definition) is 0. The fourth-order valence-electron chi connectivity index (χ4n) is 2.99. The Morgan fingerprint density at radius 2 is 1.72 bits per heavy atom. The van der Waals surface area contributed by atoms with Gasteiger partial charge in [-0.3, -0.25) is 14.9 Å². The number of halogens is 3. The summed E-state index contributed by atoms with van der Waals surface area (Å²) in [6.45, 7) is 1.31. The van der Waals surface area contributed by atoms with Crippen LogP contribution in [0.1, 0.15) is 5.56 Å². The maximum Gasteiger partial charge on any atom is 0.416 e. The highest BCUT2D eigenvalue weighted by molar-refractivity contribution is 5.78. The van der Waals surface area contributed by atoms with Crippen LogP contribution in [-0.2, 0) is 11.0 Å². The van der Waals surface area contributed by atoms with Crippen LogP contribution in [0.2, 0.25) is 0 Å². The number of amides is 1. The quantitative estimate of drug-likeness (QED) is 0.559. The number of non-ortho nitro benzene ring substituents is 1. The average Bonchev–Trinajstić information content (AvgIpc) is 2.72. The van der Waals surface area contributed by atoms with Crippen LogP contribution in [0.15, 0.2) is 48.5 Å². The topological polar surface area (TPSA) is 75.9 Å². The van der Waals surface area contributed by atoms with Crippen molar-refractivity contribution in [2.24, 2.45) is 0 Å². The van der Waals surface area contributed by atoms with Crippen molar-refractivity contribution in [1.29, 1.82) is 0 Å². The number of piperazine rings is 1. The highest BCUT2D eigenvalue weighted by Gasteiger charge is 2.31. The maximum absolute atomic E-state index is 12.9. The van der Waals surface area contributed by atoms with E-state index >= 15 is 0 Å². The fourth-order valence-corrected chi connectivity index (χ4v) is 2.99. The molecule has 1 fully saturated rings. The molecule has 1 saturated heterocycles. The number of carbonyl (C=O) groups is 1. The Balaban J connectivity index is 1.51. The molecule has 1 heterocycles. The highest BCUT2D eigenvalue weighted by atomic mass is 19.4. The molecule has 29 heavy (non-hydrogen) atoms. The lowest BCUT2D eigenvalue weighted by Gasteiger charge is -2.36. The molecule has 2 aromatic rings. The Morgan fingerprint density at radius 1 is 1.07 bits per heavy atom. The zero-order chi connectivity index (χ0) is 21.0. The molecule has 0 atom stereocenters. The van der Waals surface area contributed by atoms with E-state index in [0.29, 0.717) is 37.6 Å². The van der Waals surface area contributed by atoms with Gasteiger partial charge >= 0.3 is 6.18 Å². The molecule has 10 heteroatoms. The summed E-state index contributed by atoms with van der Waals surface area (Å²) >= 11 is 0. The molecular weight excluding hydrogens is 391 g/mol. The lowest BCUT2D eigenvalue weighted by molar-refractivity contribution is -0.384. The first-order valence-corrected chi connectivity index (χ1v) is 8.81. The normalized spacial score (nSPS) is 14.6. The standard InChI is InChI=1S/C19H18F3N3O4/c20-19(21,22)14-2-1-3-16(12-14)23-8-10-24(11-9-23)18(26)13-29-17-6-4-15(5-7-17)25(27)28/h1-7,12H,8-11,13H2. The van der Waals surface area contributed by atoms with E-state index in [1.165, 1.54) is 30.3 Å². The van der Waals surface area contributed by atoms with Crippen LogP contribution in [0.5, 0.6) is 5.75 Å². The lowest BCUT2D eigenvalue weighted by atomic mass is 10.1. The van der Waals surface area contributed by atoms with Crippen LogP contribution in [0, 0.1) is 10.1 Å². The molecule has 154 valence electrons. The molecule has 0 aromatic heterocycles. The van der Waals surface area contributed by atoms with Gasteiger partial charge in [0.2, 0.25) is 0 Å². The summed E-state index contributed by atoms with van der Waals surface area (Å²) in [5, 5.41) is 10.6. The molecule has 1 aliphatic heterocycles. The summed E-state index contributed by atoms with van der Waals surface area (Å²) in [7, 11) is 0. The van der Waals surface area contributed by atoms with E-state index in [-0.39, 0.29) is 18.2 Å². The molecule has 0 radical (unpaired) electrons. The second kappa shape index (κ2) is 8.38. The summed E-state index contributed by atoms with van der Waals surface area (Å²) in [5.41, 5.74) is -0.312. The van der Waals surface area contributed by atoms with Crippen molar-refractivity contribution < 1.29 is 27.6 Å². The van der Waals surface area contributed by atoms with Crippen LogP contribution in [-0.4, -0.2) is 48.5 Å². The van der Waals surface area contributed by atoms with Gasteiger partial charge < -0.3 is 14.5 Å². The zero-order valence-corrected chi connectivity index (χ0v) is 15.3. The molecule has 3 rings (SSSR count). The number of carbonyl (C=O) groups excluding carboxylic acids is 1. The number of alkyl halides is 3. The molecular formula is C19H18F3N3O4. The van der Waals surface area contributed by atoms with Crippen molar-refractivity contribution in [2.75, 3.05) is 37.7 Å². The smallest absolute Gasteiger partial charge is 0.416 e. The van der Waals surface area contributed by atoms with E-state index in [1.807, 2.05) is 0 Å². The largest absolute Gasteiger partial charge is 0.484 e. The number of hydrogen-bond acceptors (Lipinski definition) is 5. The van der Waals surface area contributed by atoms with E-state index < -0.39 is 16.7 Å². The van der Waals surface area contributed by atoms with E-state index in [0.717, 1.165) is 12.1 Å². The van der Waals surface area contributed by atoms with Gasteiger partial charge in [-0.25, -0.2) is 0 Å². The molecule has 0 aliphatic carbocycles. The van der Waals surface area contributed by atoms with Crippen LogP contribution < -0.4 is 9.64 Å². The van der Waals surface area contributed by atoms with Gasteiger partial charge in [-0.2, -0.15) is 13.2 Å². The summed E-state index contributed by atoms with van der Waals surface area (Å²) in [5.74, 6) is 0.0820. The third kappa shape index (κ3) is 5.15. The number of nitro benzene ring substituents is 1.